The quantitative estimate of drug-likeness (QED) is 0.562. The fourth-order valence-corrected chi connectivity index (χ4v) is 0.724. The topological polar surface area (TPSA) is 28.7 Å². The van der Waals surface area contributed by atoms with Gasteiger partial charge in [-0.15, -0.1) is 0 Å². The van der Waals surface area contributed by atoms with E-state index in [0.717, 1.165) is 17.9 Å². The predicted molar refractivity (Wildman–Crippen MR) is 35.0 cm³/mol. The van der Waals surface area contributed by atoms with E-state index in [1.807, 2.05) is 6.20 Å². The molecule has 43 valence electrons. The molecule has 1 aromatic rings. The second-order valence-electron chi connectivity index (χ2n) is 1.48. The van der Waals surface area contributed by atoms with Crippen LogP contribution in [0.2, 0.25) is 0 Å². The summed E-state index contributed by atoms with van der Waals surface area (Å²) in [6.45, 7) is 0. The maximum absolute atomic E-state index is 4.04. The highest BCUT2D eigenvalue weighted by molar-refractivity contribution is 7.80. The number of aromatic nitrogens is 2. The number of nitrogens with zero attached hydrogens (tertiary/aromatic N) is 1. The van der Waals surface area contributed by atoms with Crippen molar-refractivity contribution in [3.8, 4) is 0 Å². The van der Waals surface area contributed by atoms with Crippen LogP contribution < -0.4 is 0 Å². The Balaban J connectivity index is 2.50. The third-order valence-electron chi connectivity index (χ3n) is 0.871. The molecule has 0 aliphatic rings. The molecule has 0 aliphatic carbocycles. The molecule has 1 heterocycles. The van der Waals surface area contributed by atoms with E-state index in [2.05, 4.69) is 28.9 Å². The molecule has 0 spiro atoms. The highest BCUT2D eigenvalue weighted by atomic mass is 32.1. The summed E-state index contributed by atoms with van der Waals surface area (Å²) in [5.41, 5.74) is 1.03. The number of rotatable bonds is 2. The lowest BCUT2D eigenvalue weighted by Crippen LogP contribution is -1.83. The van der Waals surface area contributed by atoms with Crippen molar-refractivity contribution in [2.75, 3.05) is 5.75 Å². The fraction of sp³-hybridized carbons (Fsp3) is 0.400. The van der Waals surface area contributed by atoms with E-state index >= 15 is 0 Å². The molecule has 0 fully saturated rings. The fourth-order valence-electron chi connectivity index (χ4n) is 0.495. The van der Waals surface area contributed by atoms with Gasteiger partial charge in [0.05, 0.1) is 5.69 Å². The van der Waals surface area contributed by atoms with Crippen LogP contribution in [0.4, 0.5) is 0 Å². The van der Waals surface area contributed by atoms with E-state index in [1.54, 1.807) is 0 Å². The molecule has 1 aromatic heterocycles. The lowest BCUT2D eigenvalue weighted by Gasteiger charge is -1.83. The van der Waals surface area contributed by atoms with Gasteiger partial charge in [0.1, 0.15) is 0 Å². The molecule has 8 heavy (non-hydrogen) atoms. The molecule has 0 amide bonds. The normalized spacial score (nSPS) is 9.62. The molecular weight excluding hydrogens is 120 g/mol. The van der Waals surface area contributed by atoms with Crippen molar-refractivity contribution in [3.05, 3.63) is 18.2 Å². The molecule has 1 N–H and O–H groups in total. The van der Waals surface area contributed by atoms with Gasteiger partial charge in [0.2, 0.25) is 0 Å². The SMILES string of the molecule is SCCc1c[nH][c]n1. The summed E-state index contributed by atoms with van der Waals surface area (Å²) in [7, 11) is 0. The van der Waals surface area contributed by atoms with Crippen LogP contribution in [-0.4, -0.2) is 15.7 Å². The molecule has 1 rings (SSSR count). The minimum Gasteiger partial charge on any atom is -0.342 e. The minimum absolute atomic E-state index is 0.846. The van der Waals surface area contributed by atoms with Crippen molar-refractivity contribution in [3.63, 3.8) is 0 Å². The molecule has 3 heteroatoms. The second-order valence-corrected chi connectivity index (χ2v) is 1.92. The highest BCUT2D eigenvalue weighted by Gasteiger charge is 1.88. The van der Waals surface area contributed by atoms with Gasteiger partial charge in [-0.2, -0.15) is 12.6 Å². The lowest BCUT2D eigenvalue weighted by atomic mass is 10.4. The van der Waals surface area contributed by atoms with Crippen molar-refractivity contribution in [1.29, 1.82) is 0 Å². The molecular formula is C5H7N2S. The molecule has 1 radical (unpaired) electrons. The van der Waals surface area contributed by atoms with Crippen molar-refractivity contribution in [2.45, 2.75) is 6.42 Å². The van der Waals surface area contributed by atoms with Gasteiger partial charge in [0.15, 0.2) is 6.33 Å². The average Bonchev–Trinajstić information content (AvgIpc) is 2.19. The van der Waals surface area contributed by atoms with Crippen LogP contribution >= 0.6 is 12.6 Å². The Morgan fingerprint density at radius 1 is 1.88 bits per heavy atom. The zero-order valence-electron chi connectivity index (χ0n) is 4.39. The molecule has 0 saturated heterocycles. The Bertz CT molecular complexity index is 136. The average molecular weight is 127 g/mol. The number of aryl methyl sites for hydroxylation is 1. The van der Waals surface area contributed by atoms with Crippen molar-refractivity contribution in [2.24, 2.45) is 0 Å². The Hall–Kier alpha value is -0.440. The van der Waals surface area contributed by atoms with E-state index in [-0.39, 0.29) is 0 Å². The minimum atomic E-state index is 0.846. The van der Waals surface area contributed by atoms with Crippen LogP contribution in [0, 0.1) is 6.33 Å². The third-order valence-corrected chi connectivity index (χ3v) is 1.09. The first-order valence-electron chi connectivity index (χ1n) is 2.44. The molecule has 2 nitrogen and oxygen atoms in total. The zero-order valence-corrected chi connectivity index (χ0v) is 5.28. The van der Waals surface area contributed by atoms with Crippen molar-refractivity contribution < 1.29 is 0 Å². The summed E-state index contributed by atoms with van der Waals surface area (Å²) in [5.74, 6) is 0.846. The highest BCUT2D eigenvalue weighted by Crippen LogP contribution is 1.91. The Morgan fingerprint density at radius 3 is 3.25 bits per heavy atom. The van der Waals surface area contributed by atoms with Gasteiger partial charge in [0.25, 0.3) is 0 Å². The van der Waals surface area contributed by atoms with Crippen LogP contribution in [0.25, 0.3) is 0 Å². The first-order chi connectivity index (χ1) is 3.93. The number of imidazole rings is 1. The Labute approximate surface area is 53.7 Å². The zero-order chi connectivity index (χ0) is 5.82. The van der Waals surface area contributed by atoms with Crippen molar-refractivity contribution in [1.82, 2.24) is 9.97 Å². The van der Waals surface area contributed by atoms with Crippen LogP contribution in [0.1, 0.15) is 5.69 Å². The number of thiol groups is 1. The largest absolute Gasteiger partial charge is 0.342 e. The van der Waals surface area contributed by atoms with Crippen LogP contribution in [0.3, 0.4) is 0 Å². The third kappa shape index (κ3) is 1.26. The van der Waals surface area contributed by atoms with E-state index in [0.29, 0.717) is 0 Å². The van der Waals surface area contributed by atoms with E-state index in [1.165, 1.54) is 0 Å². The molecule has 0 saturated carbocycles. The monoisotopic (exact) mass is 127 g/mol. The molecule has 0 aromatic carbocycles. The summed E-state index contributed by atoms with van der Waals surface area (Å²) < 4.78 is 0. The number of nitrogens with one attached hydrogen (secondary N) is 1. The summed E-state index contributed by atoms with van der Waals surface area (Å²) >= 11 is 4.04. The molecule has 0 unspecified atom stereocenters. The van der Waals surface area contributed by atoms with Gasteiger partial charge in [-0.3, -0.25) is 0 Å². The van der Waals surface area contributed by atoms with Crippen LogP contribution in [-0.2, 0) is 6.42 Å². The standard InChI is InChI=1S/C5H7N2S/c8-2-1-5-3-6-4-7-5/h3,8H,1-2H2,(H,6,7). The Morgan fingerprint density at radius 2 is 2.75 bits per heavy atom. The van der Waals surface area contributed by atoms with Gasteiger partial charge >= 0.3 is 0 Å². The summed E-state index contributed by atoms with van der Waals surface area (Å²) in [4.78, 5) is 6.62. The lowest BCUT2D eigenvalue weighted by molar-refractivity contribution is 1.08. The maximum Gasteiger partial charge on any atom is 0.173 e. The van der Waals surface area contributed by atoms with E-state index < -0.39 is 0 Å². The smallest absolute Gasteiger partial charge is 0.173 e. The molecule has 0 aliphatic heterocycles. The van der Waals surface area contributed by atoms with E-state index in [9.17, 15) is 0 Å². The van der Waals surface area contributed by atoms with Gasteiger partial charge < -0.3 is 4.98 Å². The van der Waals surface area contributed by atoms with Gasteiger partial charge in [-0.05, 0) is 5.75 Å². The second kappa shape index (κ2) is 2.77. The van der Waals surface area contributed by atoms with Crippen LogP contribution in [0.15, 0.2) is 6.20 Å². The molecule has 0 bridgehead atoms. The summed E-state index contributed by atoms with van der Waals surface area (Å²) in [5, 5.41) is 0. The first-order valence-corrected chi connectivity index (χ1v) is 3.08. The Kier molecular flexibility index (Phi) is 1.97. The summed E-state index contributed by atoms with van der Waals surface area (Å²) in [6, 6.07) is 0. The number of hydrogen-bond acceptors (Lipinski definition) is 2. The summed E-state index contributed by atoms with van der Waals surface area (Å²) in [6.07, 6.45) is 5.35. The van der Waals surface area contributed by atoms with Crippen LogP contribution in [0.5, 0.6) is 0 Å². The molecule has 0 atom stereocenters. The number of hydrogen-bond donors (Lipinski definition) is 2. The number of H-pyrrole nitrogens is 1. The number of aromatic amines is 1. The maximum atomic E-state index is 4.04. The van der Waals surface area contributed by atoms with Gasteiger partial charge in [-0.25, -0.2) is 4.98 Å². The van der Waals surface area contributed by atoms with E-state index in [4.69, 9.17) is 0 Å². The van der Waals surface area contributed by atoms with Gasteiger partial charge in [-0.1, -0.05) is 0 Å². The van der Waals surface area contributed by atoms with Gasteiger partial charge in [0, 0.05) is 12.6 Å². The first kappa shape index (κ1) is 5.69. The predicted octanol–water partition coefficient (Wildman–Crippen LogP) is 0.682. The van der Waals surface area contributed by atoms with Crippen molar-refractivity contribution >= 4 is 12.6 Å².